The predicted molar refractivity (Wildman–Crippen MR) is 63.8 cm³/mol. The summed E-state index contributed by atoms with van der Waals surface area (Å²) in [6.45, 7) is 0. The van der Waals surface area contributed by atoms with E-state index >= 15 is 0 Å². The van der Waals surface area contributed by atoms with Crippen molar-refractivity contribution in [3.05, 3.63) is 26.7 Å². The normalized spacial score (nSPS) is 12.4. The topological polar surface area (TPSA) is 29.1 Å². The highest BCUT2D eigenvalue weighted by Gasteiger charge is 2.63. The van der Waals surface area contributed by atoms with Gasteiger partial charge in [-0.3, -0.25) is 4.79 Å². The molecule has 0 heterocycles. The summed E-state index contributed by atoms with van der Waals surface area (Å²) in [5, 5.41) is 0.786. The van der Waals surface area contributed by atoms with Crippen molar-refractivity contribution in [3.8, 4) is 0 Å². The molecule has 0 radical (unpaired) electrons. The van der Waals surface area contributed by atoms with Crippen molar-refractivity contribution in [2.24, 2.45) is 0 Å². The Kier molecular flexibility index (Phi) is 4.69. The van der Waals surface area contributed by atoms with Gasteiger partial charge in [-0.1, -0.05) is 39.1 Å². The first kappa shape index (κ1) is 16.5. The van der Waals surface area contributed by atoms with Gasteiger partial charge in [-0.15, -0.1) is 0 Å². The third-order valence-corrected chi connectivity index (χ3v) is 2.94. The molecule has 19 heavy (non-hydrogen) atoms. The number of hydrogen-bond acceptors (Lipinski definition) is 1. The highest BCUT2D eigenvalue weighted by atomic mass is 79.9. The van der Waals surface area contributed by atoms with E-state index in [4.69, 9.17) is 23.2 Å². The Morgan fingerprint density at radius 1 is 1.11 bits per heavy atom. The summed E-state index contributed by atoms with van der Waals surface area (Å²) in [5.41, 5.74) is -0.527. The molecule has 0 unspecified atom stereocenters. The molecule has 0 aliphatic rings. The zero-order chi connectivity index (χ0) is 15.0. The Hall–Kier alpha value is -0.600. The molecule has 10 heteroatoms. The van der Waals surface area contributed by atoms with Crippen LogP contribution in [0, 0.1) is 0 Å². The Morgan fingerprint density at radius 3 is 1.89 bits per heavy atom. The Labute approximate surface area is 122 Å². The number of rotatable bonds is 2. The number of halogens is 8. The van der Waals surface area contributed by atoms with Crippen LogP contribution in [0.4, 0.5) is 27.6 Å². The van der Waals surface area contributed by atoms with E-state index in [2.05, 4.69) is 15.9 Å². The lowest BCUT2D eigenvalue weighted by atomic mass is 10.2. The second kappa shape index (κ2) is 5.41. The van der Waals surface area contributed by atoms with Crippen LogP contribution < -0.4 is 5.32 Å². The van der Waals surface area contributed by atoms with Crippen LogP contribution >= 0.6 is 39.1 Å². The van der Waals surface area contributed by atoms with Gasteiger partial charge < -0.3 is 5.32 Å². The zero-order valence-corrected chi connectivity index (χ0v) is 11.7. The summed E-state index contributed by atoms with van der Waals surface area (Å²) in [6.07, 6.45) is -6.01. The lowest BCUT2D eigenvalue weighted by Crippen LogP contribution is -2.47. The fraction of sp³-hybridized carbons (Fsp3) is 0.222. The van der Waals surface area contributed by atoms with E-state index in [-0.39, 0.29) is 10.0 Å². The van der Waals surface area contributed by atoms with Crippen molar-refractivity contribution in [1.29, 1.82) is 0 Å². The Balaban J connectivity index is 3.08. The first-order valence-electron chi connectivity index (χ1n) is 4.37. The van der Waals surface area contributed by atoms with E-state index < -0.39 is 23.7 Å². The lowest BCUT2D eigenvalue weighted by molar-refractivity contribution is -0.267. The van der Waals surface area contributed by atoms with Crippen molar-refractivity contribution in [3.63, 3.8) is 0 Å². The molecule has 0 atom stereocenters. The first-order valence-corrected chi connectivity index (χ1v) is 5.92. The van der Waals surface area contributed by atoms with Crippen molar-refractivity contribution in [2.75, 3.05) is 5.32 Å². The molecule has 0 aliphatic carbocycles. The molecule has 0 saturated carbocycles. The summed E-state index contributed by atoms with van der Waals surface area (Å²) in [7, 11) is 0. The summed E-state index contributed by atoms with van der Waals surface area (Å²) < 4.78 is 61.7. The van der Waals surface area contributed by atoms with Crippen LogP contribution in [0.5, 0.6) is 0 Å². The van der Waals surface area contributed by atoms with E-state index in [0.717, 1.165) is 0 Å². The molecular weight excluding hydrogens is 384 g/mol. The molecule has 106 valence electrons. The Bertz CT molecular complexity index is 497. The zero-order valence-electron chi connectivity index (χ0n) is 8.59. The standard InChI is InChI=1S/C9H3BrCl2F5NO/c10-3-1-4(11)6(5(12)2-3)18-7(19)8(13,14)9(15,16)17/h1-2H,(H,18,19). The van der Waals surface area contributed by atoms with Crippen LogP contribution in [-0.2, 0) is 4.79 Å². The molecular formula is C9H3BrCl2F5NO. The van der Waals surface area contributed by atoms with Crippen LogP contribution in [-0.4, -0.2) is 18.0 Å². The van der Waals surface area contributed by atoms with Gasteiger partial charge in [-0.2, -0.15) is 22.0 Å². The fourth-order valence-electron chi connectivity index (χ4n) is 0.982. The quantitative estimate of drug-likeness (QED) is 0.720. The molecule has 1 rings (SSSR count). The maximum Gasteiger partial charge on any atom is 0.463 e. The van der Waals surface area contributed by atoms with E-state index in [1.165, 1.54) is 17.4 Å². The molecule has 0 bridgehead atoms. The van der Waals surface area contributed by atoms with Gasteiger partial charge in [0.2, 0.25) is 0 Å². The van der Waals surface area contributed by atoms with Gasteiger partial charge in [0.1, 0.15) is 0 Å². The van der Waals surface area contributed by atoms with Crippen LogP contribution in [0.15, 0.2) is 16.6 Å². The number of carbonyl (C=O) groups excluding carboxylic acids is 1. The predicted octanol–water partition coefficient (Wildman–Crippen LogP) is 4.89. The summed E-state index contributed by atoms with van der Waals surface area (Å²) in [5.74, 6) is -8.11. The maximum atomic E-state index is 12.7. The molecule has 0 spiro atoms. The van der Waals surface area contributed by atoms with Crippen LogP contribution in [0.2, 0.25) is 10.0 Å². The van der Waals surface area contributed by atoms with Gasteiger partial charge >= 0.3 is 18.0 Å². The maximum absolute atomic E-state index is 12.7. The highest BCUT2D eigenvalue weighted by molar-refractivity contribution is 9.10. The number of anilines is 1. The SMILES string of the molecule is O=C(Nc1c(Cl)cc(Br)cc1Cl)C(F)(F)C(F)(F)F. The number of benzene rings is 1. The van der Waals surface area contributed by atoms with E-state index in [1.807, 2.05) is 0 Å². The Morgan fingerprint density at radius 2 is 1.53 bits per heavy atom. The van der Waals surface area contributed by atoms with E-state index in [1.54, 1.807) is 0 Å². The van der Waals surface area contributed by atoms with Crippen molar-refractivity contribution >= 4 is 50.7 Å². The number of nitrogens with one attached hydrogen (secondary N) is 1. The van der Waals surface area contributed by atoms with Gasteiger partial charge in [-0.25, -0.2) is 0 Å². The van der Waals surface area contributed by atoms with Gasteiger partial charge in [0.25, 0.3) is 0 Å². The van der Waals surface area contributed by atoms with Crippen LogP contribution in [0.1, 0.15) is 0 Å². The van der Waals surface area contributed by atoms with Gasteiger partial charge in [-0.05, 0) is 12.1 Å². The summed E-state index contributed by atoms with van der Waals surface area (Å²) >= 11 is 14.2. The largest absolute Gasteiger partial charge is 0.463 e. The molecule has 1 aromatic rings. The molecule has 0 aliphatic heterocycles. The molecule has 1 aromatic carbocycles. The van der Waals surface area contributed by atoms with Crippen molar-refractivity contribution in [1.82, 2.24) is 0 Å². The first-order chi connectivity index (χ1) is 8.46. The summed E-state index contributed by atoms with van der Waals surface area (Å²) in [4.78, 5) is 11.0. The smallest absolute Gasteiger partial charge is 0.318 e. The average molecular weight is 387 g/mol. The second-order valence-electron chi connectivity index (χ2n) is 3.27. The number of amides is 1. The van der Waals surface area contributed by atoms with Crippen LogP contribution in [0.25, 0.3) is 0 Å². The number of carbonyl (C=O) groups is 1. The third kappa shape index (κ3) is 3.49. The third-order valence-electron chi connectivity index (χ3n) is 1.89. The van der Waals surface area contributed by atoms with Gasteiger partial charge in [0.05, 0.1) is 15.7 Å². The summed E-state index contributed by atoms with van der Waals surface area (Å²) in [6, 6.07) is 2.35. The minimum absolute atomic E-state index is 0.286. The molecule has 1 amide bonds. The molecule has 0 saturated heterocycles. The average Bonchev–Trinajstić information content (AvgIpc) is 2.21. The minimum atomic E-state index is -6.01. The molecule has 1 N–H and O–H groups in total. The second-order valence-corrected chi connectivity index (χ2v) is 5.00. The molecule has 2 nitrogen and oxygen atoms in total. The number of alkyl halides is 5. The molecule has 0 fully saturated rings. The van der Waals surface area contributed by atoms with Gasteiger partial charge in [0, 0.05) is 4.47 Å². The van der Waals surface area contributed by atoms with Crippen LogP contribution in [0.3, 0.4) is 0 Å². The number of hydrogen-bond donors (Lipinski definition) is 1. The van der Waals surface area contributed by atoms with E-state index in [0.29, 0.717) is 4.47 Å². The van der Waals surface area contributed by atoms with Crippen molar-refractivity contribution < 1.29 is 26.7 Å². The lowest BCUT2D eigenvalue weighted by Gasteiger charge is -2.19. The van der Waals surface area contributed by atoms with E-state index in [9.17, 15) is 26.7 Å². The fourth-order valence-corrected chi connectivity index (χ4v) is 2.29. The molecule has 0 aromatic heterocycles. The minimum Gasteiger partial charge on any atom is -0.318 e. The van der Waals surface area contributed by atoms with Crippen molar-refractivity contribution in [2.45, 2.75) is 12.1 Å². The highest BCUT2D eigenvalue weighted by Crippen LogP contribution is 2.39. The monoisotopic (exact) mass is 385 g/mol. The van der Waals surface area contributed by atoms with Gasteiger partial charge in [0.15, 0.2) is 0 Å².